The first kappa shape index (κ1) is 8.76. The predicted octanol–water partition coefficient (Wildman–Crippen LogP) is 1.96. The van der Waals surface area contributed by atoms with Crippen molar-refractivity contribution >= 4 is 0 Å². The molecule has 0 spiro atoms. The molecular formula is C12H16O. The fourth-order valence-electron chi connectivity index (χ4n) is 2.18. The minimum Gasteiger partial charge on any atom is -0.396 e. The number of aliphatic hydroxyl groups is 1. The molecule has 1 aromatic carbocycles. The lowest BCUT2D eigenvalue weighted by molar-refractivity contribution is 0.299. The van der Waals surface area contributed by atoms with Crippen molar-refractivity contribution in [1.82, 2.24) is 0 Å². The maximum Gasteiger partial charge on any atom is 0.0471 e. The monoisotopic (exact) mass is 176 g/mol. The largest absolute Gasteiger partial charge is 0.396 e. The van der Waals surface area contributed by atoms with E-state index in [1.165, 1.54) is 29.5 Å². The average molecular weight is 176 g/mol. The zero-order valence-corrected chi connectivity index (χ0v) is 8.09. The number of aliphatic hydroxyl groups excluding tert-OH is 1. The molecule has 0 amide bonds. The van der Waals surface area contributed by atoms with Gasteiger partial charge in [-0.25, -0.2) is 0 Å². The minimum absolute atomic E-state index is 0.258. The van der Waals surface area contributed by atoms with Crippen molar-refractivity contribution in [2.45, 2.75) is 26.2 Å². The van der Waals surface area contributed by atoms with Crippen LogP contribution in [0.1, 0.15) is 23.6 Å². The van der Waals surface area contributed by atoms with E-state index in [1.54, 1.807) is 0 Å². The summed E-state index contributed by atoms with van der Waals surface area (Å²) in [6.07, 6.45) is 3.24. The van der Waals surface area contributed by atoms with Crippen LogP contribution in [0, 0.1) is 5.92 Å². The van der Waals surface area contributed by atoms with Crippen LogP contribution < -0.4 is 0 Å². The number of benzene rings is 1. The van der Waals surface area contributed by atoms with E-state index in [2.05, 4.69) is 25.1 Å². The Kier molecular flexibility index (Phi) is 2.36. The molecule has 13 heavy (non-hydrogen) atoms. The highest BCUT2D eigenvalue weighted by molar-refractivity contribution is 5.36. The highest BCUT2D eigenvalue weighted by Gasteiger charge is 2.17. The molecule has 0 saturated carbocycles. The van der Waals surface area contributed by atoms with Gasteiger partial charge in [-0.2, -0.15) is 0 Å². The van der Waals surface area contributed by atoms with Crippen molar-refractivity contribution in [3.8, 4) is 0 Å². The summed E-state index contributed by atoms with van der Waals surface area (Å²) in [6.45, 7) is 2.56. The Bertz CT molecular complexity index is 304. The summed E-state index contributed by atoms with van der Waals surface area (Å²) in [4.78, 5) is 0. The molecule has 70 valence electrons. The Balaban J connectivity index is 2.24. The van der Waals surface area contributed by atoms with Gasteiger partial charge in [0.25, 0.3) is 0 Å². The molecule has 0 radical (unpaired) electrons. The van der Waals surface area contributed by atoms with Gasteiger partial charge in [0.05, 0.1) is 0 Å². The average Bonchev–Trinajstić information content (AvgIpc) is 2.44. The molecule has 1 N–H and O–H groups in total. The van der Waals surface area contributed by atoms with Gasteiger partial charge in [0.1, 0.15) is 0 Å². The Morgan fingerprint density at radius 2 is 2.08 bits per heavy atom. The number of hydrogen-bond donors (Lipinski definition) is 1. The van der Waals surface area contributed by atoms with Crippen LogP contribution in [0.5, 0.6) is 0 Å². The SMILES string of the molecule is CC1Cc2ccc(CCO)cc2C1. The first-order chi connectivity index (χ1) is 6.29. The Labute approximate surface area is 79.4 Å². The van der Waals surface area contributed by atoms with E-state index in [0.29, 0.717) is 0 Å². The van der Waals surface area contributed by atoms with Crippen LogP contribution in [-0.2, 0) is 19.3 Å². The summed E-state index contributed by atoms with van der Waals surface area (Å²) < 4.78 is 0. The predicted molar refractivity (Wildman–Crippen MR) is 53.8 cm³/mol. The Morgan fingerprint density at radius 3 is 2.85 bits per heavy atom. The Hall–Kier alpha value is -0.820. The molecule has 0 heterocycles. The zero-order chi connectivity index (χ0) is 9.26. The summed E-state index contributed by atoms with van der Waals surface area (Å²) in [5.41, 5.74) is 4.28. The van der Waals surface area contributed by atoms with Crippen LogP contribution in [0.25, 0.3) is 0 Å². The lowest BCUT2D eigenvalue weighted by Crippen LogP contribution is -1.92. The molecule has 1 aromatic rings. The van der Waals surface area contributed by atoms with E-state index < -0.39 is 0 Å². The van der Waals surface area contributed by atoms with Crippen LogP contribution in [0.4, 0.5) is 0 Å². The molecule has 1 atom stereocenters. The molecule has 1 unspecified atom stereocenters. The van der Waals surface area contributed by atoms with Crippen molar-refractivity contribution in [2.24, 2.45) is 5.92 Å². The third-order valence-corrected chi connectivity index (χ3v) is 2.81. The molecule has 0 aliphatic heterocycles. The van der Waals surface area contributed by atoms with Crippen LogP contribution in [0.3, 0.4) is 0 Å². The van der Waals surface area contributed by atoms with Crippen molar-refractivity contribution in [2.75, 3.05) is 6.61 Å². The van der Waals surface area contributed by atoms with E-state index in [9.17, 15) is 0 Å². The van der Waals surface area contributed by atoms with E-state index in [0.717, 1.165) is 12.3 Å². The van der Waals surface area contributed by atoms with Crippen LogP contribution in [-0.4, -0.2) is 11.7 Å². The van der Waals surface area contributed by atoms with Gasteiger partial charge >= 0.3 is 0 Å². The third kappa shape index (κ3) is 1.75. The molecule has 0 saturated heterocycles. The standard InChI is InChI=1S/C12H16O/c1-9-6-11-3-2-10(4-5-13)8-12(11)7-9/h2-3,8-9,13H,4-7H2,1H3. The third-order valence-electron chi connectivity index (χ3n) is 2.81. The van der Waals surface area contributed by atoms with Gasteiger partial charge in [-0.3, -0.25) is 0 Å². The lowest BCUT2D eigenvalue weighted by Gasteiger charge is -2.02. The molecule has 1 aliphatic carbocycles. The van der Waals surface area contributed by atoms with E-state index in [4.69, 9.17) is 5.11 Å². The quantitative estimate of drug-likeness (QED) is 0.730. The smallest absolute Gasteiger partial charge is 0.0471 e. The summed E-state index contributed by atoms with van der Waals surface area (Å²) in [6, 6.07) is 6.63. The number of hydrogen-bond acceptors (Lipinski definition) is 1. The molecule has 0 bridgehead atoms. The van der Waals surface area contributed by atoms with Crippen molar-refractivity contribution in [1.29, 1.82) is 0 Å². The van der Waals surface area contributed by atoms with Crippen molar-refractivity contribution in [3.05, 3.63) is 34.9 Å². The van der Waals surface area contributed by atoms with Gasteiger partial charge in [-0.1, -0.05) is 25.1 Å². The maximum atomic E-state index is 8.82. The van der Waals surface area contributed by atoms with E-state index >= 15 is 0 Å². The van der Waals surface area contributed by atoms with Gasteiger partial charge in [0, 0.05) is 6.61 Å². The van der Waals surface area contributed by atoms with Gasteiger partial charge in [-0.05, 0) is 41.9 Å². The molecule has 1 heteroatoms. The number of rotatable bonds is 2. The zero-order valence-electron chi connectivity index (χ0n) is 8.09. The second-order valence-electron chi connectivity index (χ2n) is 4.09. The summed E-state index contributed by atoms with van der Waals surface area (Å²) >= 11 is 0. The molecule has 1 nitrogen and oxygen atoms in total. The van der Waals surface area contributed by atoms with Gasteiger partial charge in [-0.15, -0.1) is 0 Å². The van der Waals surface area contributed by atoms with E-state index in [-0.39, 0.29) is 6.61 Å². The fourth-order valence-corrected chi connectivity index (χ4v) is 2.18. The van der Waals surface area contributed by atoms with Crippen LogP contribution in [0.15, 0.2) is 18.2 Å². The molecule has 2 rings (SSSR count). The Morgan fingerprint density at radius 1 is 1.31 bits per heavy atom. The molecule has 1 aliphatic rings. The van der Waals surface area contributed by atoms with Crippen LogP contribution >= 0.6 is 0 Å². The summed E-state index contributed by atoms with van der Waals surface area (Å²) in [5.74, 6) is 0.805. The van der Waals surface area contributed by atoms with Crippen LogP contribution in [0.2, 0.25) is 0 Å². The van der Waals surface area contributed by atoms with Gasteiger partial charge < -0.3 is 5.11 Å². The first-order valence-corrected chi connectivity index (χ1v) is 5.01. The van der Waals surface area contributed by atoms with Crippen molar-refractivity contribution in [3.63, 3.8) is 0 Å². The molecular weight excluding hydrogens is 160 g/mol. The molecule has 0 fully saturated rings. The lowest BCUT2D eigenvalue weighted by atomic mass is 10.0. The molecule has 0 aromatic heterocycles. The van der Waals surface area contributed by atoms with Gasteiger partial charge in [0.2, 0.25) is 0 Å². The van der Waals surface area contributed by atoms with Gasteiger partial charge in [0.15, 0.2) is 0 Å². The highest BCUT2D eigenvalue weighted by Crippen LogP contribution is 2.27. The second-order valence-corrected chi connectivity index (χ2v) is 4.09. The van der Waals surface area contributed by atoms with E-state index in [1.807, 2.05) is 0 Å². The second kappa shape index (κ2) is 3.51. The minimum atomic E-state index is 0.258. The highest BCUT2D eigenvalue weighted by atomic mass is 16.2. The normalized spacial score (nSPS) is 20.3. The number of fused-ring (bicyclic) bond motifs is 1. The summed E-state index contributed by atoms with van der Waals surface area (Å²) in [5, 5.41) is 8.82. The fraction of sp³-hybridized carbons (Fsp3) is 0.500. The topological polar surface area (TPSA) is 20.2 Å². The van der Waals surface area contributed by atoms with Crippen molar-refractivity contribution < 1.29 is 5.11 Å². The maximum absolute atomic E-state index is 8.82. The summed E-state index contributed by atoms with van der Waals surface area (Å²) in [7, 11) is 0. The first-order valence-electron chi connectivity index (χ1n) is 5.01.